The van der Waals surface area contributed by atoms with E-state index in [9.17, 15) is 29.0 Å². The van der Waals surface area contributed by atoms with E-state index in [1.54, 1.807) is 0 Å². The second-order valence-corrected chi connectivity index (χ2v) is 5.51. The molecule has 0 saturated heterocycles. The van der Waals surface area contributed by atoms with Gasteiger partial charge in [-0.25, -0.2) is 0 Å². The van der Waals surface area contributed by atoms with Crippen molar-refractivity contribution in [3.8, 4) is 0 Å². The third kappa shape index (κ3) is 3.50. The van der Waals surface area contributed by atoms with E-state index in [-0.39, 0.29) is 10.7 Å². The normalized spacial score (nSPS) is 10.6. The maximum Gasteiger partial charge on any atom is 0.305 e. The van der Waals surface area contributed by atoms with E-state index < -0.39 is 32.9 Å². The van der Waals surface area contributed by atoms with Crippen molar-refractivity contribution < 1.29 is 18.6 Å². The molecule has 0 bridgehead atoms. The Morgan fingerprint density at radius 1 is 0.963 bits per heavy atom. The van der Waals surface area contributed by atoms with Gasteiger partial charge in [0.1, 0.15) is 5.15 Å². The smallest absolute Gasteiger partial charge is 0.278 e. The number of nitro groups is 2. The third-order valence-electron chi connectivity index (χ3n) is 3.48. The van der Waals surface area contributed by atoms with Crippen molar-refractivity contribution in [1.29, 1.82) is 0 Å². The zero-order chi connectivity index (χ0) is 19.7. The van der Waals surface area contributed by atoms with Crippen LogP contribution >= 0.6 is 11.6 Å². The number of rotatable bonds is 2. The van der Waals surface area contributed by atoms with Crippen molar-refractivity contribution in [2.24, 2.45) is 0 Å². The summed E-state index contributed by atoms with van der Waals surface area (Å²) in [5.41, 5.74) is -0.434. The van der Waals surface area contributed by atoms with Crippen LogP contribution in [0.15, 0.2) is 30.5 Å². The minimum atomic E-state index is -0.925. The Hall–Kier alpha value is -3.67. The molecule has 2 N–H and O–H groups in total. The summed E-state index contributed by atoms with van der Waals surface area (Å²) >= 11 is 5.64. The SMILES string of the molecule is O=[N+]([O-])c1cc2c(Cl)[nH]nc2cc1F.O=[N+]([O-])c1cc2cn[nH]c2cc1F. The van der Waals surface area contributed by atoms with Crippen molar-refractivity contribution >= 4 is 44.8 Å². The molecule has 27 heavy (non-hydrogen) atoms. The number of aromatic nitrogens is 4. The fourth-order valence-electron chi connectivity index (χ4n) is 2.22. The van der Waals surface area contributed by atoms with Crippen LogP contribution in [0, 0.1) is 31.9 Å². The number of nitro benzene ring substituents is 2. The highest BCUT2D eigenvalue weighted by molar-refractivity contribution is 6.34. The molecule has 4 rings (SSSR count). The fraction of sp³-hybridized carbons (Fsp3) is 0. The first-order valence-electron chi connectivity index (χ1n) is 7.02. The van der Waals surface area contributed by atoms with E-state index in [1.165, 1.54) is 6.20 Å². The quantitative estimate of drug-likeness (QED) is 0.388. The standard InChI is InChI=1S/C7H3ClFN3O2.C7H4FN3O2/c8-7-3-1-6(12(13)14)4(9)2-5(3)10-11-7;8-5-2-6-4(3-9-10-6)1-7(5)11(12)13/h1-2H,(H,10,11);1-3H,(H,9,10). The Balaban J connectivity index is 0.000000156. The fourth-order valence-corrected chi connectivity index (χ4v) is 2.42. The lowest BCUT2D eigenvalue weighted by Gasteiger charge is -1.93. The van der Waals surface area contributed by atoms with Crippen LogP contribution in [0.1, 0.15) is 0 Å². The van der Waals surface area contributed by atoms with Crippen LogP contribution in [0.25, 0.3) is 21.8 Å². The number of benzene rings is 2. The molecule has 13 heteroatoms. The predicted molar refractivity (Wildman–Crippen MR) is 90.4 cm³/mol. The molecule has 0 aliphatic rings. The highest BCUT2D eigenvalue weighted by Gasteiger charge is 2.17. The van der Waals surface area contributed by atoms with Crippen LogP contribution in [0.4, 0.5) is 20.2 Å². The molecule has 2 aromatic heterocycles. The van der Waals surface area contributed by atoms with Gasteiger partial charge in [-0.1, -0.05) is 11.6 Å². The first-order valence-corrected chi connectivity index (χ1v) is 7.40. The Morgan fingerprint density at radius 3 is 2.26 bits per heavy atom. The van der Waals surface area contributed by atoms with E-state index in [0.29, 0.717) is 16.3 Å². The summed E-state index contributed by atoms with van der Waals surface area (Å²) in [5, 5.41) is 33.9. The van der Waals surface area contributed by atoms with Gasteiger partial charge >= 0.3 is 11.4 Å². The number of fused-ring (bicyclic) bond motifs is 2. The first kappa shape index (κ1) is 18.1. The van der Waals surface area contributed by atoms with Gasteiger partial charge in [0.2, 0.25) is 11.6 Å². The molecule has 0 aliphatic carbocycles. The molecule has 10 nitrogen and oxygen atoms in total. The average Bonchev–Trinajstić information content (AvgIpc) is 3.19. The van der Waals surface area contributed by atoms with Gasteiger partial charge in [0.05, 0.1) is 27.1 Å². The van der Waals surface area contributed by atoms with Gasteiger partial charge in [-0.2, -0.15) is 19.0 Å². The number of hydrogen-bond acceptors (Lipinski definition) is 6. The van der Waals surface area contributed by atoms with Gasteiger partial charge in [-0.15, -0.1) is 0 Å². The molecule has 0 spiro atoms. The molecular formula is C14H7ClF2N6O4. The molecule has 0 saturated carbocycles. The summed E-state index contributed by atoms with van der Waals surface area (Å²) in [7, 11) is 0. The van der Waals surface area contributed by atoms with Crippen molar-refractivity contribution in [3.05, 3.63) is 67.5 Å². The van der Waals surface area contributed by atoms with Gasteiger partial charge in [-0.05, 0) is 0 Å². The van der Waals surface area contributed by atoms with Crippen LogP contribution in [0.5, 0.6) is 0 Å². The van der Waals surface area contributed by atoms with Crippen molar-refractivity contribution in [2.75, 3.05) is 0 Å². The Labute approximate surface area is 152 Å². The van der Waals surface area contributed by atoms with Crippen molar-refractivity contribution in [1.82, 2.24) is 20.4 Å². The highest BCUT2D eigenvalue weighted by atomic mass is 35.5. The number of H-pyrrole nitrogens is 2. The molecule has 2 aromatic carbocycles. The monoisotopic (exact) mass is 396 g/mol. The lowest BCUT2D eigenvalue weighted by molar-refractivity contribution is -0.387. The van der Waals surface area contributed by atoms with Gasteiger partial charge in [0.25, 0.3) is 0 Å². The predicted octanol–water partition coefficient (Wildman–Crippen LogP) is 3.87. The van der Waals surface area contributed by atoms with Crippen LogP contribution in [-0.2, 0) is 0 Å². The Morgan fingerprint density at radius 2 is 1.59 bits per heavy atom. The topological polar surface area (TPSA) is 144 Å². The molecule has 4 aromatic rings. The van der Waals surface area contributed by atoms with E-state index >= 15 is 0 Å². The molecule has 2 heterocycles. The zero-order valence-corrected chi connectivity index (χ0v) is 13.7. The molecule has 0 fully saturated rings. The maximum atomic E-state index is 13.0. The van der Waals surface area contributed by atoms with Gasteiger partial charge < -0.3 is 0 Å². The number of aromatic amines is 2. The van der Waals surface area contributed by atoms with Gasteiger partial charge in [0, 0.05) is 35.0 Å². The Kier molecular flexibility index (Phi) is 4.64. The first-order chi connectivity index (χ1) is 12.8. The molecule has 0 amide bonds. The summed E-state index contributed by atoms with van der Waals surface area (Å²) in [6.07, 6.45) is 1.40. The minimum Gasteiger partial charge on any atom is -0.278 e. The van der Waals surface area contributed by atoms with E-state index in [4.69, 9.17) is 11.6 Å². The van der Waals surface area contributed by atoms with E-state index in [0.717, 1.165) is 24.3 Å². The number of nitrogens with one attached hydrogen (secondary N) is 2. The number of hydrogen-bond donors (Lipinski definition) is 2. The molecule has 138 valence electrons. The second kappa shape index (κ2) is 6.92. The average molecular weight is 397 g/mol. The summed E-state index contributed by atoms with van der Waals surface area (Å²) in [4.78, 5) is 19.1. The van der Waals surface area contributed by atoms with Crippen LogP contribution in [0.3, 0.4) is 0 Å². The zero-order valence-electron chi connectivity index (χ0n) is 12.9. The summed E-state index contributed by atoms with van der Waals surface area (Å²) in [6.45, 7) is 0. The van der Waals surface area contributed by atoms with E-state index in [2.05, 4.69) is 20.4 Å². The summed E-state index contributed by atoms with van der Waals surface area (Å²) in [5.74, 6) is -1.78. The van der Waals surface area contributed by atoms with Crippen LogP contribution in [0.2, 0.25) is 5.15 Å². The number of nitrogens with zero attached hydrogens (tertiary/aromatic N) is 4. The van der Waals surface area contributed by atoms with Crippen LogP contribution in [-0.4, -0.2) is 30.2 Å². The largest absolute Gasteiger partial charge is 0.305 e. The summed E-state index contributed by atoms with van der Waals surface area (Å²) < 4.78 is 26.0. The minimum absolute atomic E-state index is 0.156. The third-order valence-corrected chi connectivity index (χ3v) is 3.77. The molecular weight excluding hydrogens is 390 g/mol. The molecule has 0 radical (unpaired) electrons. The highest BCUT2D eigenvalue weighted by Crippen LogP contribution is 2.27. The number of halogens is 3. The lowest BCUT2D eigenvalue weighted by atomic mass is 10.2. The molecule has 0 atom stereocenters. The summed E-state index contributed by atoms with van der Waals surface area (Å²) in [6, 6.07) is 4.22. The van der Waals surface area contributed by atoms with Crippen molar-refractivity contribution in [2.45, 2.75) is 0 Å². The van der Waals surface area contributed by atoms with E-state index in [1.807, 2.05) is 0 Å². The molecule has 0 unspecified atom stereocenters. The van der Waals surface area contributed by atoms with Gasteiger partial charge in [-0.3, -0.25) is 30.4 Å². The lowest BCUT2D eigenvalue weighted by Crippen LogP contribution is -1.91. The second-order valence-electron chi connectivity index (χ2n) is 5.13. The molecule has 0 aliphatic heterocycles. The Bertz CT molecular complexity index is 1190. The maximum absolute atomic E-state index is 13.0. The van der Waals surface area contributed by atoms with Gasteiger partial charge in [0.15, 0.2) is 0 Å². The van der Waals surface area contributed by atoms with Crippen molar-refractivity contribution in [3.63, 3.8) is 0 Å². The van der Waals surface area contributed by atoms with Crippen LogP contribution < -0.4 is 0 Å².